The third-order valence-electron chi connectivity index (χ3n) is 3.13. The lowest BCUT2D eigenvalue weighted by Gasteiger charge is -2.35. The molecule has 1 saturated heterocycles. The standard InChI is InChI=1S/C12H18N4OS/c1-10(18-2)11(17)15-6-8-16(9-7-15)12-13-4-3-5-14-12/h3-5,10H,6-9H2,1-2H3/t10-/m1/s1. The Morgan fingerprint density at radius 2 is 1.89 bits per heavy atom. The van der Waals surface area contributed by atoms with Crippen molar-refractivity contribution in [2.24, 2.45) is 0 Å². The van der Waals surface area contributed by atoms with Gasteiger partial charge in [0.1, 0.15) is 0 Å². The number of hydrogen-bond donors (Lipinski definition) is 0. The van der Waals surface area contributed by atoms with Crippen LogP contribution in [0.3, 0.4) is 0 Å². The number of carbonyl (C=O) groups excluding carboxylic acids is 1. The maximum Gasteiger partial charge on any atom is 0.235 e. The first-order valence-corrected chi connectivity index (χ1v) is 7.34. The van der Waals surface area contributed by atoms with E-state index in [1.807, 2.05) is 24.1 Å². The second kappa shape index (κ2) is 6.04. The van der Waals surface area contributed by atoms with Crippen LogP contribution in [0.4, 0.5) is 5.95 Å². The zero-order chi connectivity index (χ0) is 13.0. The van der Waals surface area contributed by atoms with Gasteiger partial charge in [-0.2, -0.15) is 11.8 Å². The van der Waals surface area contributed by atoms with Crippen LogP contribution in [0.2, 0.25) is 0 Å². The van der Waals surface area contributed by atoms with E-state index in [-0.39, 0.29) is 11.2 Å². The van der Waals surface area contributed by atoms with Crippen molar-refractivity contribution in [2.45, 2.75) is 12.2 Å². The smallest absolute Gasteiger partial charge is 0.235 e. The first-order chi connectivity index (χ1) is 8.72. The zero-order valence-corrected chi connectivity index (χ0v) is 11.6. The molecule has 1 aromatic heterocycles. The van der Waals surface area contributed by atoms with Crippen molar-refractivity contribution in [3.8, 4) is 0 Å². The summed E-state index contributed by atoms with van der Waals surface area (Å²) in [6, 6.07) is 1.81. The van der Waals surface area contributed by atoms with Gasteiger partial charge in [-0.25, -0.2) is 9.97 Å². The predicted octanol–water partition coefficient (Wildman–Crippen LogP) is 0.877. The number of thioether (sulfide) groups is 1. The van der Waals surface area contributed by atoms with Crippen LogP contribution in [0.25, 0.3) is 0 Å². The molecule has 1 atom stereocenters. The Kier molecular flexibility index (Phi) is 4.41. The number of aromatic nitrogens is 2. The molecule has 18 heavy (non-hydrogen) atoms. The Bertz CT molecular complexity index is 392. The zero-order valence-electron chi connectivity index (χ0n) is 10.7. The van der Waals surface area contributed by atoms with Gasteiger partial charge in [-0.3, -0.25) is 4.79 Å². The molecule has 0 N–H and O–H groups in total. The van der Waals surface area contributed by atoms with E-state index >= 15 is 0 Å². The first kappa shape index (κ1) is 13.1. The van der Waals surface area contributed by atoms with Crippen LogP contribution >= 0.6 is 11.8 Å². The number of carbonyl (C=O) groups is 1. The molecule has 5 nitrogen and oxygen atoms in total. The Morgan fingerprint density at radius 3 is 2.44 bits per heavy atom. The summed E-state index contributed by atoms with van der Waals surface area (Å²) >= 11 is 1.59. The molecule has 6 heteroatoms. The Balaban J connectivity index is 1.90. The van der Waals surface area contributed by atoms with Crippen LogP contribution in [0, 0.1) is 0 Å². The second-order valence-corrected chi connectivity index (χ2v) is 5.42. The summed E-state index contributed by atoms with van der Waals surface area (Å²) in [6.07, 6.45) is 5.46. The van der Waals surface area contributed by atoms with Crippen molar-refractivity contribution in [3.63, 3.8) is 0 Å². The number of anilines is 1. The molecule has 0 saturated carbocycles. The summed E-state index contributed by atoms with van der Waals surface area (Å²) in [4.78, 5) is 24.5. The van der Waals surface area contributed by atoms with E-state index in [9.17, 15) is 4.79 Å². The molecule has 1 aliphatic heterocycles. The van der Waals surface area contributed by atoms with E-state index in [1.165, 1.54) is 0 Å². The maximum atomic E-state index is 12.0. The van der Waals surface area contributed by atoms with Crippen molar-refractivity contribution >= 4 is 23.6 Å². The molecule has 1 amide bonds. The molecule has 0 aliphatic carbocycles. The van der Waals surface area contributed by atoms with Gasteiger partial charge in [0.25, 0.3) is 0 Å². The van der Waals surface area contributed by atoms with E-state index in [0.717, 1.165) is 32.1 Å². The van der Waals surface area contributed by atoms with E-state index in [1.54, 1.807) is 24.2 Å². The topological polar surface area (TPSA) is 49.3 Å². The highest BCUT2D eigenvalue weighted by Gasteiger charge is 2.25. The molecular formula is C12H18N4OS. The minimum atomic E-state index is 0.0459. The first-order valence-electron chi connectivity index (χ1n) is 6.06. The molecular weight excluding hydrogens is 248 g/mol. The van der Waals surface area contributed by atoms with E-state index in [0.29, 0.717) is 0 Å². The molecule has 1 aromatic rings. The minimum Gasteiger partial charge on any atom is -0.338 e. The number of piperazine rings is 1. The predicted molar refractivity (Wildman–Crippen MR) is 73.8 cm³/mol. The lowest BCUT2D eigenvalue weighted by molar-refractivity contribution is -0.130. The fourth-order valence-electron chi connectivity index (χ4n) is 1.94. The molecule has 2 heterocycles. The van der Waals surface area contributed by atoms with Crippen LogP contribution in [0.5, 0.6) is 0 Å². The maximum absolute atomic E-state index is 12.0. The summed E-state index contributed by atoms with van der Waals surface area (Å²) in [6.45, 7) is 5.07. The van der Waals surface area contributed by atoms with Crippen molar-refractivity contribution in [1.82, 2.24) is 14.9 Å². The van der Waals surface area contributed by atoms with E-state index in [4.69, 9.17) is 0 Å². The van der Waals surface area contributed by atoms with Crippen molar-refractivity contribution in [1.29, 1.82) is 0 Å². The van der Waals surface area contributed by atoms with Crippen molar-refractivity contribution in [2.75, 3.05) is 37.3 Å². The number of nitrogens with zero attached hydrogens (tertiary/aromatic N) is 4. The fourth-order valence-corrected chi connectivity index (χ4v) is 2.29. The highest BCUT2D eigenvalue weighted by molar-refractivity contribution is 7.99. The third-order valence-corrected chi connectivity index (χ3v) is 4.04. The highest BCUT2D eigenvalue weighted by atomic mass is 32.2. The van der Waals surface area contributed by atoms with Crippen LogP contribution in [0.15, 0.2) is 18.5 Å². The van der Waals surface area contributed by atoms with Gasteiger partial charge in [0.2, 0.25) is 11.9 Å². The molecule has 0 spiro atoms. The Labute approximate surface area is 112 Å². The molecule has 1 fully saturated rings. The van der Waals surface area contributed by atoms with Gasteiger partial charge in [-0.1, -0.05) is 0 Å². The number of rotatable bonds is 3. The van der Waals surface area contributed by atoms with Gasteiger partial charge in [0, 0.05) is 38.6 Å². The molecule has 0 aromatic carbocycles. The molecule has 1 aliphatic rings. The van der Waals surface area contributed by atoms with Crippen LogP contribution in [-0.2, 0) is 4.79 Å². The minimum absolute atomic E-state index is 0.0459. The number of hydrogen-bond acceptors (Lipinski definition) is 5. The average molecular weight is 266 g/mol. The summed E-state index contributed by atoms with van der Waals surface area (Å²) < 4.78 is 0. The fraction of sp³-hybridized carbons (Fsp3) is 0.583. The summed E-state index contributed by atoms with van der Waals surface area (Å²) in [5.74, 6) is 0.985. The molecule has 98 valence electrons. The lowest BCUT2D eigenvalue weighted by atomic mass is 10.3. The molecule has 2 rings (SSSR count). The van der Waals surface area contributed by atoms with Crippen molar-refractivity contribution in [3.05, 3.63) is 18.5 Å². The normalized spacial score (nSPS) is 17.7. The van der Waals surface area contributed by atoms with Crippen molar-refractivity contribution < 1.29 is 4.79 Å². The van der Waals surface area contributed by atoms with Gasteiger partial charge in [-0.05, 0) is 19.2 Å². The molecule has 0 radical (unpaired) electrons. The average Bonchev–Trinajstić information content (AvgIpc) is 2.47. The van der Waals surface area contributed by atoms with Gasteiger partial charge in [0.05, 0.1) is 5.25 Å². The van der Waals surface area contributed by atoms with E-state index in [2.05, 4.69) is 14.9 Å². The van der Waals surface area contributed by atoms with Gasteiger partial charge in [-0.15, -0.1) is 0 Å². The summed E-state index contributed by atoms with van der Waals surface area (Å²) in [7, 11) is 0. The summed E-state index contributed by atoms with van der Waals surface area (Å²) in [5.41, 5.74) is 0. The molecule has 0 bridgehead atoms. The van der Waals surface area contributed by atoms with E-state index < -0.39 is 0 Å². The van der Waals surface area contributed by atoms with Gasteiger partial charge >= 0.3 is 0 Å². The quantitative estimate of drug-likeness (QED) is 0.813. The number of amides is 1. The highest BCUT2D eigenvalue weighted by Crippen LogP contribution is 2.14. The van der Waals surface area contributed by atoms with Gasteiger partial charge in [0.15, 0.2) is 0 Å². The largest absolute Gasteiger partial charge is 0.338 e. The van der Waals surface area contributed by atoms with Crippen LogP contribution in [0.1, 0.15) is 6.92 Å². The monoisotopic (exact) mass is 266 g/mol. The SMILES string of the molecule is CS[C@H](C)C(=O)N1CCN(c2ncccn2)CC1. The Hall–Kier alpha value is -1.30. The summed E-state index contributed by atoms with van der Waals surface area (Å²) in [5, 5.41) is 0.0459. The third kappa shape index (κ3) is 2.93. The second-order valence-electron chi connectivity index (χ2n) is 4.24. The van der Waals surface area contributed by atoms with Gasteiger partial charge < -0.3 is 9.80 Å². The van der Waals surface area contributed by atoms with Crippen LogP contribution in [-0.4, -0.2) is 58.5 Å². The molecule has 0 unspecified atom stereocenters. The Morgan fingerprint density at radius 1 is 1.28 bits per heavy atom. The lowest BCUT2D eigenvalue weighted by Crippen LogP contribution is -2.51. The van der Waals surface area contributed by atoms with Crippen LogP contribution < -0.4 is 4.90 Å².